The van der Waals surface area contributed by atoms with E-state index in [0.29, 0.717) is 39.8 Å². The smallest absolute Gasteiger partial charge is 0.325 e. The lowest BCUT2D eigenvalue weighted by molar-refractivity contribution is -0.0214. The lowest BCUT2D eigenvalue weighted by atomic mass is 10.3. The fraction of sp³-hybridized carbons (Fsp3) is 0.308. The molecule has 2 heterocycles. The standard InChI is InChI=1S/C13H12Cl2N4O3S2/c14-8-2-1-7(5-9(8)15)16-11(20)17-12-18-19-13(24-12)23-6-10-21-3-4-22-10/h1-2,5,10H,3-4,6H2,(H2,16,17,18,20). The number of thioether (sulfide) groups is 1. The van der Waals surface area contributed by atoms with Gasteiger partial charge in [-0.05, 0) is 18.2 Å². The highest BCUT2D eigenvalue weighted by Crippen LogP contribution is 2.28. The summed E-state index contributed by atoms with van der Waals surface area (Å²) in [6.07, 6.45) is -0.215. The summed E-state index contributed by atoms with van der Waals surface area (Å²) in [6.45, 7) is 1.23. The van der Waals surface area contributed by atoms with Crippen LogP contribution < -0.4 is 10.6 Å². The van der Waals surface area contributed by atoms with Gasteiger partial charge in [0.25, 0.3) is 0 Å². The van der Waals surface area contributed by atoms with E-state index in [4.69, 9.17) is 32.7 Å². The molecule has 11 heteroatoms. The molecule has 0 spiro atoms. The fourth-order valence-corrected chi connectivity index (χ4v) is 3.81. The van der Waals surface area contributed by atoms with Crippen LogP contribution in [0.25, 0.3) is 0 Å². The van der Waals surface area contributed by atoms with E-state index in [9.17, 15) is 4.79 Å². The predicted octanol–water partition coefficient (Wildman–Crippen LogP) is 3.95. The van der Waals surface area contributed by atoms with Crippen LogP contribution >= 0.6 is 46.3 Å². The summed E-state index contributed by atoms with van der Waals surface area (Å²) in [5, 5.41) is 14.4. The normalized spacial score (nSPS) is 14.8. The van der Waals surface area contributed by atoms with E-state index in [1.54, 1.807) is 18.2 Å². The second-order valence-corrected chi connectivity index (χ2v) is 7.62. The van der Waals surface area contributed by atoms with Crippen molar-refractivity contribution in [2.24, 2.45) is 0 Å². The number of carbonyl (C=O) groups is 1. The number of rotatable bonds is 5. The van der Waals surface area contributed by atoms with E-state index in [1.165, 1.54) is 23.1 Å². The van der Waals surface area contributed by atoms with Gasteiger partial charge in [0, 0.05) is 5.69 Å². The van der Waals surface area contributed by atoms with Gasteiger partial charge in [0.2, 0.25) is 5.13 Å². The molecule has 1 fully saturated rings. The van der Waals surface area contributed by atoms with Gasteiger partial charge in [-0.15, -0.1) is 10.2 Å². The molecule has 2 amide bonds. The number of hydrogen-bond donors (Lipinski definition) is 2. The van der Waals surface area contributed by atoms with Crippen molar-refractivity contribution in [3.8, 4) is 0 Å². The molecule has 0 aliphatic carbocycles. The number of carbonyl (C=O) groups excluding carboxylic acids is 1. The number of aromatic nitrogens is 2. The molecule has 2 aromatic rings. The summed E-state index contributed by atoms with van der Waals surface area (Å²) < 4.78 is 11.4. The average molecular weight is 407 g/mol. The number of amides is 2. The van der Waals surface area contributed by atoms with Crippen LogP contribution in [-0.2, 0) is 9.47 Å². The Balaban J connectivity index is 1.50. The number of halogens is 2. The van der Waals surface area contributed by atoms with Crippen molar-refractivity contribution < 1.29 is 14.3 Å². The lowest BCUT2D eigenvalue weighted by Crippen LogP contribution is -2.19. The van der Waals surface area contributed by atoms with E-state index >= 15 is 0 Å². The van der Waals surface area contributed by atoms with Crippen molar-refractivity contribution in [3.63, 3.8) is 0 Å². The van der Waals surface area contributed by atoms with Crippen molar-refractivity contribution in [1.29, 1.82) is 0 Å². The SMILES string of the molecule is O=C(Nc1ccc(Cl)c(Cl)c1)Nc1nnc(SCC2OCCO2)s1. The van der Waals surface area contributed by atoms with E-state index in [2.05, 4.69) is 20.8 Å². The Morgan fingerprint density at radius 2 is 2.04 bits per heavy atom. The molecular weight excluding hydrogens is 395 g/mol. The quantitative estimate of drug-likeness (QED) is 0.577. The Bertz CT molecular complexity index is 725. The Hall–Kier alpha value is -1.10. The van der Waals surface area contributed by atoms with Crippen LogP contribution in [0.1, 0.15) is 0 Å². The largest absolute Gasteiger partial charge is 0.349 e. The van der Waals surface area contributed by atoms with Gasteiger partial charge in [-0.3, -0.25) is 5.32 Å². The first-order valence-electron chi connectivity index (χ1n) is 6.83. The van der Waals surface area contributed by atoms with E-state index in [1.807, 2.05) is 0 Å². The number of ether oxygens (including phenoxy) is 2. The number of urea groups is 1. The first-order valence-corrected chi connectivity index (χ1v) is 9.38. The van der Waals surface area contributed by atoms with Crippen LogP contribution in [0.5, 0.6) is 0 Å². The second kappa shape index (κ2) is 8.32. The Labute approximate surface area is 156 Å². The molecular formula is C13H12Cl2N4O3S2. The molecule has 1 aliphatic rings. The summed E-state index contributed by atoms with van der Waals surface area (Å²) >= 11 is 14.5. The Morgan fingerprint density at radius 3 is 2.79 bits per heavy atom. The van der Waals surface area contributed by atoms with Crippen LogP contribution in [0, 0.1) is 0 Å². The summed E-state index contributed by atoms with van der Waals surface area (Å²) in [5.41, 5.74) is 0.525. The Morgan fingerprint density at radius 1 is 1.25 bits per heavy atom. The van der Waals surface area contributed by atoms with Gasteiger partial charge in [-0.1, -0.05) is 46.3 Å². The number of nitrogens with zero attached hydrogens (tertiary/aromatic N) is 2. The van der Waals surface area contributed by atoms with Gasteiger partial charge in [0.05, 0.1) is 29.0 Å². The van der Waals surface area contributed by atoms with Crippen LogP contribution in [0.2, 0.25) is 10.0 Å². The molecule has 1 saturated heterocycles. The minimum Gasteiger partial charge on any atom is -0.349 e. The van der Waals surface area contributed by atoms with Crippen LogP contribution in [0.3, 0.4) is 0 Å². The Kier molecular flexibility index (Phi) is 6.14. The van der Waals surface area contributed by atoms with Gasteiger partial charge >= 0.3 is 6.03 Å². The summed E-state index contributed by atoms with van der Waals surface area (Å²) in [6, 6.07) is 4.37. The number of hydrogen-bond acceptors (Lipinski definition) is 7. The molecule has 2 N–H and O–H groups in total. The molecule has 0 bridgehead atoms. The summed E-state index contributed by atoms with van der Waals surface area (Å²) in [7, 11) is 0. The summed E-state index contributed by atoms with van der Waals surface area (Å²) in [4.78, 5) is 11.9. The minimum absolute atomic E-state index is 0.215. The monoisotopic (exact) mass is 406 g/mol. The van der Waals surface area contributed by atoms with Gasteiger partial charge in [-0.25, -0.2) is 4.79 Å². The molecule has 1 aliphatic heterocycles. The zero-order chi connectivity index (χ0) is 16.9. The molecule has 1 aromatic carbocycles. The van der Waals surface area contributed by atoms with Gasteiger partial charge in [0.15, 0.2) is 10.6 Å². The van der Waals surface area contributed by atoms with E-state index in [0.717, 1.165) is 4.34 Å². The van der Waals surface area contributed by atoms with Crippen molar-refractivity contribution in [2.75, 3.05) is 29.6 Å². The van der Waals surface area contributed by atoms with Gasteiger partial charge in [0.1, 0.15) is 0 Å². The van der Waals surface area contributed by atoms with Gasteiger partial charge < -0.3 is 14.8 Å². The molecule has 1 aromatic heterocycles. The third-order valence-electron chi connectivity index (χ3n) is 2.84. The minimum atomic E-state index is -0.441. The highest BCUT2D eigenvalue weighted by molar-refractivity contribution is 8.01. The number of nitrogens with one attached hydrogen (secondary N) is 2. The van der Waals surface area contributed by atoms with Crippen LogP contribution in [0.4, 0.5) is 15.6 Å². The lowest BCUT2D eigenvalue weighted by Gasteiger charge is -2.06. The van der Waals surface area contributed by atoms with Crippen LogP contribution in [-0.4, -0.2) is 41.5 Å². The fourth-order valence-electron chi connectivity index (χ4n) is 1.79. The highest BCUT2D eigenvalue weighted by atomic mass is 35.5. The second-order valence-electron chi connectivity index (χ2n) is 4.56. The molecule has 0 radical (unpaired) electrons. The van der Waals surface area contributed by atoms with Crippen molar-refractivity contribution in [2.45, 2.75) is 10.6 Å². The maximum Gasteiger partial charge on any atom is 0.325 e. The molecule has 24 heavy (non-hydrogen) atoms. The predicted molar refractivity (Wildman–Crippen MR) is 95.4 cm³/mol. The zero-order valence-corrected chi connectivity index (χ0v) is 15.3. The highest BCUT2D eigenvalue weighted by Gasteiger charge is 2.17. The third-order valence-corrected chi connectivity index (χ3v) is 5.58. The zero-order valence-electron chi connectivity index (χ0n) is 12.1. The molecule has 3 rings (SSSR count). The van der Waals surface area contributed by atoms with Crippen molar-refractivity contribution in [3.05, 3.63) is 28.2 Å². The van der Waals surface area contributed by atoms with Crippen LogP contribution in [0.15, 0.2) is 22.5 Å². The van der Waals surface area contributed by atoms with Gasteiger partial charge in [-0.2, -0.15) is 0 Å². The van der Waals surface area contributed by atoms with Crippen molar-refractivity contribution in [1.82, 2.24) is 10.2 Å². The molecule has 0 atom stereocenters. The number of benzene rings is 1. The van der Waals surface area contributed by atoms with E-state index < -0.39 is 6.03 Å². The molecule has 128 valence electrons. The molecule has 0 unspecified atom stereocenters. The first kappa shape index (κ1) is 17.7. The number of anilines is 2. The third kappa shape index (κ3) is 4.95. The maximum absolute atomic E-state index is 11.9. The van der Waals surface area contributed by atoms with Crippen molar-refractivity contribution >= 4 is 63.2 Å². The van der Waals surface area contributed by atoms with E-state index in [-0.39, 0.29) is 6.29 Å². The summed E-state index contributed by atoms with van der Waals surface area (Å²) in [5.74, 6) is 0.629. The average Bonchev–Trinajstić information content (AvgIpc) is 3.20. The molecule has 0 saturated carbocycles. The maximum atomic E-state index is 11.9. The topological polar surface area (TPSA) is 85.4 Å². The molecule has 7 nitrogen and oxygen atoms in total. The first-order chi connectivity index (χ1) is 11.6.